The summed E-state index contributed by atoms with van der Waals surface area (Å²) in [4.78, 5) is 11.3. The molecule has 0 radical (unpaired) electrons. The zero-order chi connectivity index (χ0) is 11.7. The molecule has 1 aromatic heterocycles. The maximum Gasteiger partial charge on any atom is 0.187 e. The van der Waals surface area contributed by atoms with E-state index in [0.29, 0.717) is 0 Å². The van der Waals surface area contributed by atoms with Crippen LogP contribution >= 0.6 is 11.8 Å². The van der Waals surface area contributed by atoms with E-state index >= 15 is 0 Å². The lowest BCUT2D eigenvalue weighted by molar-refractivity contribution is 0.160. The first-order valence-electron chi connectivity index (χ1n) is 6.41. The number of thioether (sulfide) groups is 1. The summed E-state index contributed by atoms with van der Waals surface area (Å²) in [6.07, 6.45) is 10.3. The molecule has 4 heteroatoms. The van der Waals surface area contributed by atoms with E-state index in [1.54, 1.807) is 11.8 Å². The van der Waals surface area contributed by atoms with Gasteiger partial charge in [-0.05, 0) is 37.4 Å². The van der Waals surface area contributed by atoms with Gasteiger partial charge in [0.15, 0.2) is 5.16 Å². The third kappa shape index (κ3) is 2.63. The van der Waals surface area contributed by atoms with Crippen LogP contribution in [-0.2, 0) is 6.54 Å². The monoisotopic (exact) mass is 249 g/mol. The highest BCUT2D eigenvalue weighted by atomic mass is 32.2. The highest BCUT2D eigenvalue weighted by Gasteiger charge is 2.32. The van der Waals surface area contributed by atoms with Crippen molar-refractivity contribution < 1.29 is 0 Å². The van der Waals surface area contributed by atoms with Crippen LogP contribution in [0.3, 0.4) is 0 Å². The topological polar surface area (TPSA) is 29.0 Å². The van der Waals surface area contributed by atoms with Crippen LogP contribution in [0.25, 0.3) is 0 Å². The van der Waals surface area contributed by atoms with Crippen LogP contribution in [0.2, 0.25) is 0 Å². The Morgan fingerprint density at radius 1 is 1.24 bits per heavy atom. The molecule has 0 unspecified atom stereocenters. The maximum atomic E-state index is 4.34. The van der Waals surface area contributed by atoms with Gasteiger partial charge >= 0.3 is 0 Å². The van der Waals surface area contributed by atoms with E-state index < -0.39 is 0 Å². The first-order valence-corrected chi connectivity index (χ1v) is 7.63. The number of hydrogen-bond acceptors (Lipinski definition) is 4. The fraction of sp³-hybridized carbons (Fsp3) is 0.692. The number of piperidine rings is 1. The van der Waals surface area contributed by atoms with Crippen LogP contribution in [0.5, 0.6) is 0 Å². The van der Waals surface area contributed by atoms with Crippen molar-refractivity contribution in [1.82, 2.24) is 14.9 Å². The maximum absolute atomic E-state index is 4.34. The molecule has 1 aromatic rings. The Labute approximate surface area is 107 Å². The van der Waals surface area contributed by atoms with Gasteiger partial charge in [-0.15, -0.1) is 0 Å². The molecule has 1 saturated carbocycles. The number of hydrogen-bond donors (Lipinski definition) is 0. The van der Waals surface area contributed by atoms with Crippen LogP contribution in [0.15, 0.2) is 17.6 Å². The van der Waals surface area contributed by atoms with Crippen molar-refractivity contribution in [2.75, 3.05) is 19.3 Å². The molecule has 2 bridgehead atoms. The van der Waals surface area contributed by atoms with Crippen molar-refractivity contribution in [3.8, 4) is 0 Å². The van der Waals surface area contributed by atoms with Gasteiger partial charge in [0.1, 0.15) is 0 Å². The average molecular weight is 249 g/mol. The van der Waals surface area contributed by atoms with Gasteiger partial charge in [-0.3, -0.25) is 4.90 Å². The fourth-order valence-corrected chi connectivity index (χ4v) is 3.55. The molecule has 2 fully saturated rings. The SMILES string of the molecule is CSc1ncc(CN2C[C@@H]3CC[C@@H](C3)C2)cn1. The van der Waals surface area contributed by atoms with Crippen molar-refractivity contribution in [2.24, 2.45) is 11.8 Å². The summed E-state index contributed by atoms with van der Waals surface area (Å²) in [6.45, 7) is 3.59. The highest BCUT2D eigenvalue weighted by molar-refractivity contribution is 7.98. The van der Waals surface area contributed by atoms with E-state index in [4.69, 9.17) is 0 Å². The lowest BCUT2D eigenvalue weighted by Crippen LogP contribution is -2.35. The first kappa shape index (κ1) is 11.5. The standard InChI is InChI=1S/C13H19N3S/c1-17-13-14-5-12(6-15-13)9-16-7-10-2-3-11(4-10)8-16/h5-6,10-11H,2-4,7-9H2,1H3/t10-,11+. The Kier molecular flexibility index (Phi) is 3.34. The van der Waals surface area contributed by atoms with Gasteiger partial charge in [-0.1, -0.05) is 11.8 Å². The van der Waals surface area contributed by atoms with E-state index in [1.807, 2.05) is 18.6 Å². The summed E-state index contributed by atoms with van der Waals surface area (Å²) >= 11 is 1.60. The second kappa shape index (κ2) is 4.94. The van der Waals surface area contributed by atoms with Gasteiger partial charge in [0.25, 0.3) is 0 Å². The van der Waals surface area contributed by atoms with Crippen LogP contribution < -0.4 is 0 Å². The third-order valence-corrected chi connectivity index (χ3v) is 4.53. The third-order valence-electron chi connectivity index (χ3n) is 3.95. The summed E-state index contributed by atoms with van der Waals surface area (Å²) in [5, 5.41) is 0.868. The Balaban J connectivity index is 1.62. The molecule has 2 heterocycles. The van der Waals surface area contributed by atoms with Gasteiger partial charge < -0.3 is 0 Å². The smallest absolute Gasteiger partial charge is 0.187 e. The number of likely N-dealkylation sites (tertiary alicyclic amines) is 1. The summed E-state index contributed by atoms with van der Waals surface area (Å²) in [7, 11) is 0. The second-order valence-electron chi connectivity index (χ2n) is 5.32. The predicted octanol–water partition coefficient (Wildman–Crippen LogP) is 2.43. The van der Waals surface area contributed by atoms with Crippen molar-refractivity contribution in [3.05, 3.63) is 18.0 Å². The van der Waals surface area contributed by atoms with Crippen molar-refractivity contribution in [1.29, 1.82) is 0 Å². The van der Waals surface area contributed by atoms with Crippen LogP contribution in [0, 0.1) is 11.8 Å². The van der Waals surface area contributed by atoms with Crippen molar-refractivity contribution in [3.63, 3.8) is 0 Å². The molecule has 92 valence electrons. The molecule has 3 nitrogen and oxygen atoms in total. The number of rotatable bonds is 3. The largest absolute Gasteiger partial charge is 0.298 e. The molecular formula is C13H19N3S. The minimum atomic E-state index is 0.868. The van der Waals surface area contributed by atoms with Crippen LogP contribution in [-0.4, -0.2) is 34.2 Å². The molecule has 2 atom stereocenters. The summed E-state index contributed by atoms with van der Waals surface area (Å²) in [5.41, 5.74) is 1.25. The van der Waals surface area contributed by atoms with E-state index in [9.17, 15) is 0 Å². The van der Waals surface area contributed by atoms with Gasteiger partial charge in [-0.2, -0.15) is 0 Å². The minimum absolute atomic E-state index is 0.868. The van der Waals surface area contributed by atoms with Gasteiger partial charge in [0, 0.05) is 37.6 Å². The zero-order valence-electron chi connectivity index (χ0n) is 10.3. The van der Waals surface area contributed by atoms with Gasteiger partial charge in [0.2, 0.25) is 0 Å². The predicted molar refractivity (Wildman–Crippen MR) is 69.9 cm³/mol. The molecule has 0 N–H and O–H groups in total. The molecule has 0 aromatic carbocycles. The number of fused-ring (bicyclic) bond motifs is 2. The Bertz CT molecular complexity index is 367. The Morgan fingerprint density at radius 2 is 1.88 bits per heavy atom. The fourth-order valence-electron chi connectivity index (χ4n) is 3.23. The Hall–Kier alpha value is -0.610. The molecule has 1 aliphatic heterocycles. The molecule has 0 spiro atoms. The lowest BCUT2D eigenvalue weighted by Gasteiger charge is -2.31. The second-order valence-corrected chi connectivity index (χ2v) is 6.09. The average Bonchev–Trinajstić information content (AvgIpc) is 2.70. The molecule has 0 amide bonds. The Morgan fingerprint density at radius 3 is 2.47 bits per heavy atom. The van der Waals surface area contributed by atoms with Crippen LogP contribution in [0.1, 0.15) is 24.8 Å². The van der Waals surface area contributed by atoms with Crippen molar-refractivity contribution >= 4 is 11.8 Å². The van der Waals surface area contributed by atoms with E-state index in [2.05, 4.69) is 14.9 Å². The molecule has 17 heavy (non-hydrogen) atoms. The molecule has 2 aliphatic rings. The van der Waals surface area contributed by atoms with Crippen molar-refractivity contribution in [2.45, 2.75) is 31.0 Å². The number of nitrogens with zero attached hydrogens (tertiary/aromatic N) is 3. The molecular weight excluding hydrogens is 230 g/mol. The summed E-state index contributed by atoms with van der Waals surface area (Å²) in [6, 6.07) is 0. The quantitative estimate of drug-likeness (QED) is 0.608. The van der Waals surface area contributed by atoms with E-state index in [1.165, 1.54) is 37.9 Å². The van der Waals surface area contributed by atoms with Gasteiger partial charge in [0.05, 0.1) is 0 Å². The molecule has 3 rings (SSSR count). The molecule has 1 saturated heterocycles. The lowest BCUT2D eigenvalue weighted by atomic mass is 9.99. The zero-order valence-corrected chi connectivity index (χ0v) is 11.1. The normalized spacial score (nSPS) is 28.5. The summed E-state index contributed by atoms with van der Waals surface area (Å²) in [5.74, 6) is 1.92. The van der Waals surface area contributed by atoms with Crippen LogP contribution in [0.4, 0.5) is 0 Å². The first-order chi connectivity index (χ1) is 8.33. The minimum Gasteiger partial charge on any atom is -0.298 e. The number of aromatic nitrogens is 2. The van der Waals surface area contributed by atoms with Gasteiger partial charge in [-0.25, -0.2) is 9.97 Å². The highest BCUT2D eigenvalue weighted by Crippen LogP contribution is 2.36. The van der Waals surface area contributed by atoms with E-state index in [0.717, 1.165) is 23.5 Å². The molecule has 1 aliphatic carbocycles. The summed E-state index contributed by atoms with van der Waals surface area (Å²) < 4.78 is 0. The van der Waals surface area contributed by atoms with E-state index in [-0.39, 0.29) is 0 Å².